The molecule has 5 N–H and O–H groups in total. The molecule has 1 spiro atoms. The Bertz CT molecular complexity index is 860. The van der Waals surface area contributed by atoms with Crippen LogP contribution in [-0.4, -0.2) is 74.4 Å². The Balaban J connectivity index is 1.41. The minimum Gasteiger partial charge on any atom is -0.481 e. The third-order valence-corrected chi connectivity index (χ3v) is 10.8. The number of ether oxygens (including phenoxy) is 2. The standard InChI is InChI=1S/C26H40O8/c1-14-11-25-9-5-16-23(2,7-4-8-24(16,3)22(31)32)17(25)6-10-26(14,13-25)34-21-20(30)19(29)18(28)15(12-27)33-21/h15-21,27-30H,1,4-13H2,2-3H3,(H,31,32)/t15-,16?,17?,18-,19+,20-,21+,23?,24-,25?,26+/m1/s1. The lowest BCUT2D eigenvalue weighted by Gasteiger charge is -2.64. The van der Waals surface area contributed by atoms with Gasteiger partial charge in [0.05, 0.1) is 17.6 Å². The number of aliphatic hydroxyl groups is 4. The molecule has 11 atom stereocenters. The zero-order valence-electron chi connectivity index (χ0n) is 20.3. The normalized spacial score (nSPS) is 54.9. The van der Waals surface area contributed by atoms with Crippen LogP contribution in [-0.2, 0) is 14.3 Å². The highest BCUT2D eigenvalue weighted by atomic mass is 16.7. The van der Waals surface area contributed by atoms with E-state index in [-0.39, 0.29) is 16.7 Å². The Morgan fingerprint density at radius 2 is 1.76 bits per heavy atom. The van der Waals surface area contributed by atoms with E-state index in [0.717, 1.165) is 56.9 Å². The van der Waals surface area contributed by atoms with Crippen LogP contribution >= 0.6 is 0 Å². The van der Waals surface area contributed by atoms with Crippen molar-refractivity contribution in [3.63, 3.8) is 0 Å². The van der Waals surface area contributed by atoms with Gasteiger partial charge < -0.3 is 35.0 Å². The van der Waals surface area contributed by atoms with E-state index < -0.39 is 54.3 Å². The van der Waals surface area contributed by atoms with Gasteiger partial charge in [0.2, 0.25) is 0 Å². The molecule has 8 heteroatoms. The molecule has 4 unspecified atom stereocenters. The van der Waals surface area contributed by atoms with Crippen LogP contribution in [0.3, 0.4) is 0 Å². The lowest BCUT2D eigenvalue weighted by molar-refractivity contribution is -0.327. The van der Waals surface area contributed by atoms with Gasteiger partial charge in [-0.2, -0.15) is 0 Å². The molecule has 0 radical (unpaired) electrons. The molecule has 5 fully saturated rings. The van der Waals surface area contributed by atoms with E-state index in [1.165, 1.54) is 0 Å². The van der Waals surface area contributed by atoms with Crippen LogP contribution in [0, 0.1) is 28.1 Å². The second-order valence-electron chi connectivity index (χ2n) is 12.4. The van der Waals surface area contributed by atoms with Crippen molar-refractivity contribution in [3.8, 4) is 0 Å². The van der Waals surface area contributed by atoms with Gasteiger partial charge in [-0.15, -0.1) is 0 Å². The van der Waals surface area contributed by atoms with Crippen molar-refractivity contribution < 1.29 is 39.8 Å². The van der Waals surface area contributed by atoms with E-state index in [0.29, 0.717) is 12.3 Å². The van der Waals surface area contributed by atoms with Crippen molar-refractivity contribution >= 4 is 5.97 Å². The second-order valence-corrected chi connectivity index (χ2v) is 12.4. The number of hydrogen-bond donors (Lipinski definition) is 5. The summed E-state index contributed by atoms with van der Waals surface area (Å²) in [5.41, 5.74) is -0.496. The van der Waals surface area contributed by atoms with Gasteiger partial charge in [0.25, 0.3) is 0 Å². The van der Waals surface area contributed by atoms with Gasteiger partial charge in [-0.25, -0.2) is 0 Å². The van der Waals surface area contributed by atoms with Gasteiger partial charge >= 0.3 is 5.97 Å². The third-order valence-electron chi connectivity index (χ3n) is 10.8. The van der Waals surface area contributed by atoms with Crippen molar-refractivity contribution in [2.75, 3.05) is 6.61 Å². The highest BCUT2D eigenvalue weighted by molar-refractivity contribution is 5.75. The Hall–Kier alpha value is -1.03. The summed E-state index contributed by atoms with van der Waals surface area (Å²) in [4.78, 5) is 12.3. The lowest BCUT2D eigenvalue weighted by atomic mass is 9.41. The van der Waals surface area contributed by atoms with Gasteiger partial charge in [0, 0.05) is 0 Å². The summed E-state index contributed by atoms with van der Waals surface area (Å²) >= 11 is 0. The average molecular weight is 481 g/mol. The van der Waals surface area contributed by atoms with Crippen LogP contribution < -0.4 is 0 Å². The average Bonchev–Trinajstić information content (AvgIpc) is 2.98. The predicted octanol–water partition coefficient (Wildman–Crippen LogP) is 1.98. The Morgan fingerprint density at radius 1 is 1.06 bits per heavy atom. The van der Waals surface area contributed by atoms with E-state index >= 15 is 0 Å². The smallest absolute Gasteiger partial charge is 0.309 e. The van der Waals surface area contributed by atoms with Gasteiger partial charge in [-0.1, -0.05) is 19.9 Å². The van der Waals surface area contributed by atoms with Gasteiger partial charge in [0.1, 0.15) is 24.4 Å². The predicted molar refractivity (Wildman–Crippen MR) is 122 cm³/mol. The minimum absolute atomic E-state index is 0.0224. The molecule has 1 heterocycles. The quantitative estimate of drug-likeness (QED) is 0.304. The van der Waals surface area contributed by atoms with Gasteiger partial charge in [-0.3, -0.25) is 4.79 Å². The van der Waals surface area contributed by atoms with Crippen molar-refractivity contribution in [2.24, 2.45) is 28.1 Å². The van der Waals surface area contributed by atoms with Crippen LogP contribution in [0.15, 0.2) is 12.2 Å². The summed E-state index contributed by atoms with van der Waals surface area (Å²) in [6.07, 6.45) is 1.13. The number of aliphatic carboxylic acids is 1. The summed E-state index contributed by atoms with van der Waals surface area (Å²) in [6, 6.07) is 0. The largest absolute Gasteiger partial charge is 0.481 e. The molecule has 0 amide bonds. The monoisotopic (exact) mass is 480 g/mol. The molecule has 8 nitrogen and oxygen atoms in total. The maximum absolute atomic E-state index is 12.3. The summed E-state index contributed by atoms with van der Waals surface area (Å²) in [6.45, 7) is 8.15. The fourth-order valence-corrected chi connectivity index (χ4v) is 9.15. The molecule has 4 saturated carbocycles. The number of carboxylic acids is 1. The summed E-state index contributed by atoms with van der Waals surface area (Å²) < 4.78 is 12.1. The van der Waals surface area contributed by atoms with Crippen molar-refractivity contribution in [1.29, 1.82) is 0 Å². The number of hydrogen-bond acceptors (Lipinski definition) is 7. The number of rotatable bonds is 4. The Kier molecular flexibility index (Phi) is 5.79. The fourth-order valence-electron chi connectivity index (χ4n) is 9.15. The molecule has 4 aliphatic carbocycles. The van der Waals surface area contributed by atoms with E-state index in [1.807, 2.05) is 6.92 Å². The number of fused-ring (bicyclic) bond motifs is 3. The summed E-state index contributed by atoms with van der Waals surface area (Å²) in [7, 11) is 0. The first-order chi connectivity index (χ1) is 15.9. The molecule has 1 aliphatic heterocycles. The zero-order valence-corrected chi connectivity index (χ0v) is 20.3. The highest BCUT2D eigenvalue weighted by Gasteiger charge is 2.68. The van der Waals surface area contributed by atoms with E-state index in [9.17, 15) is 30.3 Å². The van der Waals surface area contributed by atoms with Crippen LogP contribution in [0.5, 0.6) is 0 Å². The van der Waals surface area contributed by atoms with Crippen molar-refractivity contribution in [3.05, 3.63) is 12.2 Å². The Labute approximate surface area is 201 Å². The summed E-state index contributed by atoms with van der Waals surface area (Å²) in [5, 5.41) is 50.6. The maximum Gasteiger partial charge on any atom is 0.309 e. The molecule has 0 aromatic rings. The van der Waals surface area contributed by atoms with Crippen LogP contribution in [0.25, 0.3) is 0 Å². The third kappa shape index (κ3) is 3.22. The minimum atomic E-state index is -1.47. The van der Waals surface area contributed by atoms with E-state index in [2.05, 4.69) is 13.5 Å². The SMILES string of the molecule is C=C1CC23CCC4C(C)(CCC[C@@]4(C)C(=O)O)C2CC[C@]1(O[C@@H]1O[C@H](CO)[C@@H](O)[C@H](O)[C@H]1O)C3. The van der Waals surface area contributed by atoms with E-state index in [1.54, 1.807) is 0 Å². The van der Waals surface area contributed by atoms with Crippen LogP contribution in [0.4, 0.5) is 0 Å². The number of carbonyl (C=O) groups is 1. The molecule has 0 aromatic heterocycles. The van der Waals surface area contributed by atoms with Crippen LogP contribution in [0.1, 0.15) is 71.6 Å². The highest BCUT2D eigenvalue weighted by Crippen LogP contribution is 2.73. The molecule has 2 bridgehead atoms. The molecule has 5 rings (SSSR count). The molecule has 0 aromatic carbocycles. The Morgan fingerprint density at radius 3 is 2.44 bits per heavy atom. The second kappa shape index (κ2) is 7.98. The lowest BCUT2D eigenvalue weighted by Crippen LogP contribution is -2.62. The molecule has 34 heavy (non-hydrogen) atoms. The van der Waals surface area contributed by atoms with E-state index in [4.69, 9.17) is 9.47 Å². The molecule has 1 saturated heterocycles. The molecule has 5 aliphatic rings. The summed E-state index contributed by atoms with van der Waals surface area (Å²) in [5.74, 6) is -0.149. The first-order valence-electron chi connectivity index (χ1n) is 12.8. The molecule has 192 valence electrons. The first-order valence-corrected chi connectivity index (χ1v) is 12.8. The van der Waals surface area contributed by atoms with Gasteiger partial charge in [-0.05, 0) is 86.5 Å². The molecular weight excluding hydrogens is 440 g/mol. The zero-order chi connectivity index (χ0) is 24.7. The number of carboxylic acid groups (broad SMARTS) is 1. The van der Waals surface area contributed by atoms with Crippen molar-refractivity contribution in [1.82, 2.24) is 0 Å². The number of aliphatic hydroxyl groups excluding tert-OH is 4. The topological polar surface area (TPSA) is 137 Å². The molecular formula is C26H40O8. The van der Waals surface area contributed by atoms with Crippen molar-refractivity contribution in [2.45, 2.75) is 108 Å². The van der Waals surface area contributed by atoms with Crippen LogP contribution in [0.2, 0.25) is 0 Å². The maximum atomic E-state index is 12.3. The van der Waals surface area contributed by atoms with Gasteiger partial charge in [0.15, 0.2) is 6.29 Å². The fraction of sp³-hybridized carbons (Fsp3) is 0.885. The first kappa shape index (κ1) is 24.7.